The molecule has 1 amide bonds. The maximum atomic E-state index is 13.4. The summed E-state index contributed by atoms with van der Waals surface area (Å²) in [5.74, 6) is 0.678. The van der Waals surface area contributed by atoms with Crippen LogP contribution in [0.25, 0.3) is 17.2 Å². The number of likely N-dealkylation sites (tertiary alicyclic amines) is 1. The highest BCUT2D eigenvalue weighted by molar-refractivity contribution is 5.82. The lowest BCUT2D eigenvalue weighted by Crippen LogP contribution is -2.29. The number of carbonyl (C=O) groups is 1. The highest BCUT2D eigenvalue weighted by atomic mass is 19.1. The summed E-state index contributed by atoms with van der Waals surface area (Å²) in [5, 5.41) is 0. The molecule has 1 saturated heterocycles. The van der Waals surface area contributed by atoms with E-state index in [4.69, 9.17) is 0 Å². The van der Waals surface area contributed by atoms with Crippen molar-refractivity contribution in [2.24, 2.45) is 11.8 Å². The van der Waals surface area contributed by atoms with Gasteiger partial charge in [0.1, 0.15) is 5.82 Å². The number of halogens is 1. The van der Waals surface area contributed by atoms with E-state index in [1.165, 1.54) is 25.0 Å². The molecular formula is C22H23FN2O. The maximum absolute atomic E-state index is 13.4. The minimum absolute atomic E-state index is 0.164. The first-order valence-electron chi connectivity index (χ1n) is 9.30. The van der Waals surface area contributed by atoms with Gasteiger partial charge in [0.2, 0.25) is 5.91 Å². The van der Waals surface area contributed by atoms with Gasteiger partial charge < -0.3 is 4.90 Å². The van der Waals surface area contributed by atoms with Crippen LogP contribution in [0, 0.1) is 17.7 Å². The normalized spacial score (nSPS) is 25.7. The van der Waals surface area contributed by atoms with Crippen LogP contribution in [0.15, 0.2) is 48.7 Å². The molecule has 0 spiro atoms. The Bertz CT molecular complexity index is 830. The second-order valence-corrected chi connectivity index (χ2v) is 7.34. The summed E-state index contributed by atoms with van der Waals surface area (Å²) in [5.41, 5.74) is 2.56. The minimum Gasteiger partial charge on any atom is -0.339 e. The first-order chi connectivity index (χ1) is 12.6. The zero-order chi connectivity index (χ0) is 18.1. The van der Waals surface area contributed by atoms with E-state index in [2.05, 4.69) is 11.1 Å². The van der Waals surface area contributed by atoms with Gasteiger partial charge >= 0.3 is 0 Å². The molecule has 2 fully saturated rings. The molecule has 2 aromatic rings. The Kier molecular flexibility index (Phi) is 4.58. The molecule has 1 aromatic heterocycles. The predicted octanol–water partition coefficient (Wildman–Crippen LogP) is 4.55. The number of hydrogen-bond acceptors (Lipinski definition) is 2. The Morgan fingerprint density at radius 3 is 2.77 bits per heavy atom. The largest absolute Gasteiger partial charge is 0.339 e. The summed E-state index contributed by atoms with van der Waals surface area (Å²) in [6, 6.07) is 10.6. The van der Waals surface area contributed by atoms with Crippen LogP contribution in [0.1, 0.15) is 31.4 Å². The smallest absolute Gasteiger partial charge is 0.226 e. The van der Waals surface area contributed by atoms with E-state index >= 15 is 0 Å². The van der Waals surface area contributed by atoms with Crippen LogP contribution in [0.4, 0.5) is 4.39 Å². The Morgan fingerprint density at radius 2 is 2.00 bits per heavy atom. The second-order valence-electron chi connectivity index (χ2n) is 7.34. The van der Waals surface area contributed by atoms with Gasteiger partial charge in [0, 0.05) is 24.7 Å². The molecule has 1 aliphatic heterocycles. The first kappa shape index (κ1) is 17.0. The molecule has 2 aliphatic rings. The summed E-state index contributed by atoms with van der Waals surface area (Å²) < 4.78 is 13.4. The number of hydrogen-bond donors (Lipinski definition) is 0. The van der Waals surface area contributed by atoms with Gasteiger partial charge in [-0.3, -0.25) is 9.78 Å². The van der Waals surface area contributed by atoms with Crippen molar-refractivity contribution < 1.29 is 9.18 Å². The third kappa shape index (κ3) is 3.16. The summed E-state index contributed by atoms with van der Waals surface area (Å²) in [6.45, 7) is 0. The molecule has 3 nitrogen and oxygen atoms in total. The van der Waals surface area contributed by atoms with Gasteiger partial charge in [-0.05, 0) is 48.6 Å². The molecule has 0 radical (unpaired) electrons. The number of nitrogens with zero attached hydrogens (tertiary/aromatic N) is 2. The van der Waals surface area contributed by atoms with Crippen LogP contribution in [0.3, 0.4) is 0 Å². The van der Waals surface area contributed by atoms with Crippen LogP contribution in [-0.2, 0) is 4.79 Å². The maximum Gasteiger partial charge on any atom is 0.226 e. The molecule has 4 heteroatoms. The topological polar surface area (TPSA) is 33.2 Å². The van der Waals surface area contributed by atoms with Crippen LogP contribution < -0.4 is 0 Å². The molecule has 3 atom stereocenters. The van der Waals surface area contributed by atoms with E-state index in [0.29, 0.717) is 11.8 Å². The Hall–Kier alpha value is -2.49. The number of amides is 1. The van der Waals surface area contributed by atoms with Gasteiger partial charge in [-0.2, -0.15) is 0 Å². The SMILES string of the molecule is CN1C(=O)[C@H]2CCCC[C@H]2[C@@H]1C=Cc1ccc(-c2cccc(F)c2)cn1. The molecule has 0 bridgehead atoms. The highest BCUT2D eigenvalue weighted by Gasteiger charge is 2.45. The number of aromatic nitrogens is 1. The van der Waals surface area contributed by atoms with Crippen LogP contribution in [-0.4, -0.2) is 28.9 Å². The summed E-state index contributed by atoms with van der Waals surface area (Å²) >= 11 is 0. The fourth-order valence-electron chi connectivity index (χ4n) is 4.38. The van der Waals surface area contributed by atoms with E-state index in [9.17, 15) is 9.18 Å². The molecule has 134 valence electrons. The van der Waals surface area contributed by atoms with Crippen molar-refractivity contribution in [2.45, 2.75) is 31.7 Å². The van der Waals surface area contributed by atoms with E-state index in [1.54, 1.807) is 12.3 Å². The van der Waals surface area contributed by atoms with Crippen molar-refractivity contribution in [3.8, 4) is 11.1 Å². The van der Waals surface area contributed by atoms with Crippen LogP contribution in [0.2, 0.25) is 0 Å². The molecule has 0 N–H and O–H groups in total. The van der Waals surface area contributed by atoms with Crippen molar-refractivity contribution >= 4 is 12.0 Å². The lowest BCUT2D eigenvalue weighted by Gasteiger charge is -2.26. The standard InChI is InChI=1S/C22H23FN2O/c1-25-21(19-7-2-3-8-20(19)22(25)26)12-11-18-10-9-16(14-24-18)15-5-4-6-17(23)13-15/h4-6,9-14,19-21H,2-3,7-8H2,1H3/t19-,20+,21+/m1/s1. The third-order valence-corrected chi connectivity index (χ3v) is 5.78. The molecule has 1 saturated carbocycles. The van der Waals surface area contributed by atoms with Crippen molar-refractivity contribution in [1.29, 1.82) is 0 Å². The summed E-state index contributed by atoms with van der Waals surface area (Å²) in [7, 11) is 1.91. The number of benzene rings is 1. The zero-order valence-electron chi connectivity index (χ0n) is 14.9. The van der Waals surface area contributed by atoms with E-state index < -0.39 is 0 Å². The van der Waals surface area contributed by atoms with Crippen molar-refractivity contribution in [3.63, 3.8) is 0 Å². The van der Waals surface area contributed by atoms with Crippen LogP contribution in [0.5, 0.6) is 0 Å². The Morgan fingerprint density at radius 1 is 1.15 bits per heavy atom. The molecular weight excluding hydrogens is 327 g/mol. The number of rotatable bonds is 3. The molecule has 1 aromatic carbocycles. The molecule has 2 heterocycles. The van der Waals surface area contributed by atoms with Gasteiger partial charge in [-0.1, -0.05) is 37.1 Å². The van der Waals surface area contributed by atoms with Gasteiger partial charge in [-0.15, -0.1) is 0 Å². The molecule has 26 heavy (non-hydrogen) atoms. The summed E-state index contributed by atoms with van der Waals surface area (Å²) in [4.78, 5) is 18.8. The van der Waals surface area contributed by atoms with E-state index in [-0.39, 0.29) is 17.8 Å². The average Bonchev–Trinajstić information content (AvgIpc) is 2.91. The summed E-state index contributed by atoms with van der Waals surface area (Å²) in [6.07, 6.45) is 10.4. The van der Waals surface area contributed by atoms with Gasteiger partial charge in [0.05, 0.1) is 11.7 Å². The lowest BCUT2D eigenvalue weighted by atomic mass is 9.78. The second kappa shape index (κ2) is 7.02. The zero-order valence-corrected chi connectivity index (χ0v) is 14.9. The van der Waals surface area contributed by atoms with E-state index in [0.717, 1.165) is 29.7 Å². The number of pyridine rings is 1. The highest BCUT2D eigenvalue weighted by Crippen LogP contribution is 2.41. The first-order valence-corrected chi connectivity index (χ1v) is 9.30. The van der Waals surface area contributed by atoms with Crippen LogP contribution >= 0.6 is 0 Å². The predicted molar refractivity (Wildman–Crippen MR) is 101 cm³/mol. The number of likely N-dealkylation sites (N-methyl/N-ethyl adjacent to an activating group) is 1. The lowest BCUT2D eigenvalue weighted by molar-refractivity contribution is -0.130. The van der Waals surface area contributed by atoms with Crippen molar-refractivity contribution in [2.75, 3.05) is 7.05 Å². The monoisotopic (exact) mass is 350 g/mol. The fraction of sp³-hybridized carbons (Fsp3) is 0.364. The Labute approximate surface area is 153 Å². The minimum atomic E-state index is -0.248. The average molecular weight is 350 g/mol. The number of fused-ring (bicyclic) bond motifs is 1. The molecule has 0 unspecified atom stereocenters. The van der Waals surface area contributed by atoms with Gasteiger partial charge in [0.15, 0.2) is 0 Å². The third-order valence-electron chi connectivity index (χ3n) is 5.78. The van der Waals surface area contributed by atoms with Gasteiger partial charge in [0.25, 0.3) is 0 Å². The van der Waals surface area contributed by atoms with Crippen molar-refractivity contribution in [1.82, 2.24) is 9.88 Å². The fourth-order valence-corrected chi connectivity index (χ4v) is 4.38. The molecule has 4 rings (SSSR count). The number of carbonyl (C=O) groups excluding carboxylic acids is 1. The molecule has 1 aliphatic carbocycles. The van der Waals surface area contributed by atoms with Gasteiger partial charge in [-0.25, -0.2) is 4.39 Å². The quantitative estimate of drug-likeness (QED) is 0.814. The Balaban J connectivity index is 1.51. The van der Waals surface area contributed by atoms with Crippen molar-refractivity contribution in [3.05, 3.63) is 60.2 Å². The van der Waals surface area contributed by atoms with E-state index in [1.807, 2.05) is 36.2 Å².